The summed E-state index contributed by atoms with van der Waals surface area (Å²) in [7, 11) is 0. The molecule has 8 nitrogen and oxygen atoms in total. The highest BCUT2D eigenvalue weighted by molar-refractivity contribution is 5.68. The van der Waals surface area contributed by atoms with E-state index < -0.39 is 11.6 Å². The SMILES string of the molecule is CC(Oc1cnc(N2CC(N)C(c3cc(F)ccc3F)C2)nc1)C1CCN(C(=O)OC2CCCC2)CC1. The van der Waals surface area contributed by atoms with Crippen LogP contribution in [0.3, 0.4) is 0 Å². The minimum Gasteiger partial charge on any atom is -0.487 e. The lowest BCUT2D eigenvalue weighted by Gasteiger charge is -2.34. The molecule has 0 radical (unpaired) electrons. The number of carbonyl (C=O) groups excluding carboxylic acids is 1. The molecule has 2 saturated heterocycles. The molecule has 200 valence electrons. The minimum absolute atomic E-state index is 0.0528. The monoisotopic (exact) mass is 515 g/mol. The lowest BCUT2D eigenvalue weighted by molar-refractivity contribution is 0.0422. The fourth-order valence-electron chi connectivity index (χ4n) is 5.74. The van der Waals surface area contributed by atoms with E-state index in [9.17, 15) is 13.6 Å². The number of nitrogens with zero attached hydrogens (tertiary/aromatic N) is 4. The van der Waals surface area contributed by atoms with Crippen LogP contribution in [0.15, 0.2) is 30.6 Å². The summed E-state index contributed by atoms with van der Waals surface area (Å²) < 4.78 is 39.7. The van der Waals surface area contributed by atoms with Crippen molar-refractivity contribution in [3.8, 4) is 5.75 Å². The largest absolute Gasteiger partial charge is 0.487 e. The van der Waals surface area contributed by atoms with Crippen molar-refractivity contribution in [2.75, 3.05) is 31.1 Å². The number of ether oxygens (including phenoxy) is 2. The van der Waals surface area contributed by atoms with Crippen LogP contribution in [-0.2, 0) is 4.74 Å². The molecule has 0 bridgehead atoms. The summed E-state index contributed by atoms with van der Waals surface area (Å²) >= 11 is 0. The Balaban J connectivity index is 1.11. The van der Waals surface area contributed by atoms with Gasteiger partial charge in [0.1, 0.15) is 17.7 Å². The number of piperidine rings is 1. The second kappa shape index (κ2) is 11.2. The van der Waals surface area contributed by atoms with Gasteiger partial charge in [-0.15, -0.1) is 0 Å². The number of halogens is 2. The van der Waals surface area contributed by atoms with E-state index in [1.807, 2.05) is 16.7 Å². The van der Waals surface area contributed by atoms with E-state index >= 15 is 0 Å². The predicted octanol–water partition coefficient (Wildman–Crippen LogP) is 4.24. The van der Waals surface area contributed by atoms with E-state index in [1.165, 1.54) is 6.07 Å². The lowest BCUT2D eigenvalue weighted by atomic mass is 9.92. The second-order valence-corrected chi connectivity index (χ2v) is 10.5. The summed E-state index contributed by atoms with van der Waals surface area (Å²) in [5.74, 6) is 0.0622. The minimum atomic E-state index is -0.483. The number of rotatable bonds is 6. The smallest absolute Gasteiger partial charge is 0.410 e. The summed E-state index contributed by atoms with van der Waals surface area (Å²) in [6, 6.07) is 3.09. The van der Waals surface area contributed by atoms with Crippen molar-refractivity contribution < 1.29 is 23.0 Å². The number of likely N-dealkylation sites (tertiary alicyclic amines) is 1. The highest BCUT2D eigenvalue weighted by Crippen LogP contribution is 2.31. The second-order valence-electron chi connectivity index (χ2n) is 10.5. The Morgan fingerprint density at radius 3 is 2.49 bits per heavy atom. The van der Waals surface area contributed by atoms with Crippen molar-refractivity contribution in [3.63, 3.8) is 0 Å². The Labute approximate surface area is 216 Å². The molecule has 3 atom stereocenters. The van der Waals surface area contributed by atoms with Crippen LogP contribution in [0.25, 0.3) is 0 Å². The zero-order chi connectivity index (χ0) is 25.9. The molecule has 0 spiro atoms. The third-order valence-corrected chi connectivity index (χ3v) is 7.97. The molecule has 3 heterocycles. The van der Waals surface area contributed by atoms with E-state index in [0.717, 1.165) is 50.7 Å². The van der Waals surface area contributed by atoms with Gasteiger partial charge in [0.2, 0.25) is 5.95 Å². The number of carbonyl (C=O) groups is 1. The fraction of sp³-hybridized carbons (Fsp3) is 0.593. The molecule has 37 heavy (non-hydrogen) atoms. The maximum Gasteiger partial charge on any atom is 0.410 e. The zero-order valence-electron chi connectivity index (χ0n) is 21.2. The van der Waals surface area contributed by atoms with Crippen LogP contribution in [0.4, 0.5) is 19.5 Å². The molecule has 2 aliphatic heterocycles. The van der Waals surface area contributed by atoms with Crippen molar-refractivity contribution >= 4 is 12.0 Å². The van der Waals surface area contributed by atoms with Crippen LogP contribution in [-0.4, -0.2) is 65.4 Å². The van der Waals surface area contributed by atoms with Gasteiger partial charge in [-0.1, -0.05) is 0 Å². The molecule has 1 aromatic heterocycles. The van der Waals surface area contributed by atoms with Crippen LogP contribution >= 0.6 is 0 Å². The fourth-order valence-corrected chi connectivity index (χ4v) is 5.74. The van der Waals surface area contributed by atoms with Gasteiger partial charge in [-0.25, -0.2) is 23.5 Å². The van der Waals surface area contributed by atoms with Crippen LogP contribution in [0.2, 0.25) is 0 Å². The van der Waals surface area contributed by atoms with E-state index in [0.29, 0.717) is 43.8 Å². The molecule has 3 unspecified atom stereocenters. The molecular weight excluding hydrogens is 480 g/mol. The van der Waals surface area contributed by atoms with Crippen molar-refractivity contribution in [1.82, 2.24) is 14.9 Å². The molecule has 1 aromatic carbocycles. The first-order chi connectivity index (χ1) is 17.9. The molecule has 5 rings (SSSR count). The Bertz CT molecular complexity index is 1070. The summed E-state index contributed by atoms with van der Waals surface area (Å²) in [6.07, 6.45) is 9.04. The molecule has 2 aromatic rings. The Morgan fingerprint density at radius 2 is 1.78 bits per heavy atom. The van der Waals surface area contributed by atoms with E-state index in [1.54, 1.807) is 12.4 Å². The Kier molecular flexibility index (Phi) is 7.73. The average molecular weight is 516 g/mol. The van der Waals surface area contributed by atoms with Gasteiger partial charge < -0.3 is 25.0 Å². The number of hydrogen-bond donors (Lipinski definition) is 1. The maximum atomic E-state index is 14.3. The third-order valence-electron chi connectivity index (χ3n) is 7.97. The van der Waals surface area contributed by atoms with Gasteiger partial charge in [0.05, 0.1) is 18.5 Å². The van der Waals surface area contributed by atoms with Gasteiger partial charge in [0, 0.05) is 38.1 Å². The summed E-state index contributed by atoms with van der Waals surface area (Å²) in [4.78, 5) is 25.0. The first kappa shape index (κ1) is 25.6. The van der Waals surface area contributed by atoms with Crippen molar-refractivity contribution in [2.24, 2.45) is 11.7 Å². The van der Waals surface area contributed by atoms with Gasteiger partial charge in [0.25, 0.3) is 0 Å². The Morgan fingerprint density at radius 1 is 1.08 bits per heavy atom. The van der Waals surface area contributed by atoms with Crippen molar-refractivity contribution in [1.29, 1.82) is 0 Å². The van der Waals surface area contributed by atoms with Gasteiger partial charge in [-0.2, -0.15) is 0 Å². The first-order valence-electron chi connectivity index (χ1n) is 13.3. The number of aromatic nitrogens is 2. The normalized spacial score (nSPS) is 23.9. The number of nitrogens with two attached hydrogens (primary N) is 1. The highest BCUT2D eigenvalue weighted by atomic mass is 19.1. The average Bonchev–Trinajstić information content (AvgIpc) is 3.55. The quantitative estimate of drug-likeness (QED) is 0.615. The molecule has 3 fully saturated rings. The molecule has 1 amide bonds. The lowest BCUT2D eigenvalue weighted by Crippen LogP contribution is -2.42. The van der Waals surface area contributed by atoms with Crippen molar-refractivity contribution in [3.05, 3.63) is 47.8 Å². The zero-order valence-corrected chi connectivity index (χ0v) is 21.2. The summed E-state index contributed by atoms with van der Waals surface area (Å²) in [5.41, 5.74) is 6.54. The number of benzene rings is 1. The standard InChI is InChI=1S/C27H35F2N5O3/c1-17(18-8-10-33(11-9-18)27(35)37-20-4-2-3-5-20)36-21-13-31-26(32-14-21)34-15-23(25(30)16-34)22-12-19(28)6-7-24(22)29/h6-7,12-14,17-18,20,23,25H,2-5,8-11,15-16,30H2,1H3. The van der Waals surface area contributed by atoms with E-state index in [4.69, 9.17) is 15.2 Å². The predicted molar refractivity (Wildman–Crippen MR) is 134 cm³/mol. The van der Waals surface area contributed by atoms with Crippen LogP contribution in [0, 0.1) is 17.6 Å². The van der Waals surface area contributed by atoms with Gasteiger partial charge in [0.15, 0.2) is 5.75 Å². The van der Waals surface area contributed by atoms with Gasteiger partial charge in [-0.3, -0.25) is 0 Å². The van der Waals surface area contributed by atoms with E-state index in [2.05, 4.69) is 9.97 Å². The maximum absolute atomic E-state index is 14.3. The van der Waals surface area contributed by atoms with Crippen LogP contribution < -0.4 is 15.4 Å². The van der Waals surface area contributed by atoms with Gasteiger partial charge >= 0.3 is 6.09 Å². The molecule has 10 heteroatoms. The van der Waals surface area contributed by atoms with E-state index in [-0.39, 0.29) is 35.8 Å². The molecule has 2 N–H and O–H groups in total. The van der Waals surface area contributed by atoms with Gasteiger partial charge in [-0.05, 0) is 75.1 Å². The van der Waals surface area contributed by atoms with Crippen molar-refractivity contribution in [2.45, 2.75) is 69.6 Å². The number of amides is 1. The Hall–Kier alpha value is -3.01. The molecule has 3 aliphatic rings. The van der Waals surface area contributed by atoms with Crippen LogP contribution in [0.1, 0.15) is 56.9 Å². The third kappa shape index (κ3) is 5.95. The highest BCUT2D eigenvalue weighted by Gasteiger charge is 2.35. The molecule has 1 aliphatic carbocycles. The summed E-state index contributed by atoms with van der Waals surface area (Å²) in [5, 5.41) is 0. The molecular formula is C27H35F2N5O3. The van der Waals surface area contributed by atoms with Crippen LogP contribution in [0.5, 0.6) is 5.75 Å². The first-order valence-corrected chi connectivity index (χ1v) is 13.3. The topological polar surface area (TPSA) is 93.8 Å². The number of anilines is 1. The summed E-state index contributed by atoms with van der Waals surface area (Å²) in [6.45, 7) is 4.21. The number of hydrogen-bond acceptors (Lipinski definition) is 7. The molecule has 1 saturated carbocycles.